The molecule has 0 atom stereocenters. The number of pyridine rings is 1. The van der Waals surface area contributed by atoms with E-state index in [0.717, 1.165) is 5.56 Å². The minimum absolute atomic E-state index is 0.124. The van der Waals surface area contributed by atoms with Crippen molar-refractivity contribution in [3.63, 3.8) is 0 Å². The molecular weight excluding hydrogens is 242 g/mol. The van der Waals surface area contributed by atoms with Gasteiger partial charge in [-0.2, -0.15) is 5.26 Å². The Morgan fingerprint density at radius 2 is 2.26 bits per heavy atom. The Bertz CT molecular complexity index is 647. The highest BCUT2D eigenvalue weighted by Gasteiger charge is 2.09. The Morgan fingerprint density at radius 3 is 3.00 bits per heavy atom. The molecule has 0 amide bonds. The van der Waals surface area contributed by atoms with E-state index < -0.39 is 5.97 Å². The van der Waals surface area contributed by atoms with Crippen molar-refractivity contribution in [2.45, 2.75) is 6.54 Å². The molecule has 0 radical (unpaired) electrons. The number of carbonyl (C=O) groups is 1. The third kappa shape index (κ3) is 3.07. The lowest BCUT2D eigenvalue weighted by Gasteiger charge is -2.09. The van der Waals surface area contributed by atoms with Crippen LogP contribution in [0.2, 0.25) is 0 Å². The molecule has 5 nitrogen and oxygen atoms in total. The zero-order valence-electron chi connectivity index (χ0n) is 10.00. The van der Waals surface area contributed by atoms with Crippen LogP contribution in [0.25, 0.3) is 0 Å². The first kappa shape index (κ1) is 12.6. The molecule has 0 saturated carbocycles. The molecule has 1 heterocycles. The fraction of sp³-hybridized carbons (Fsp3) is 0.0714. The molecule has 2 aromatic rings. The number of hydrogen-bond donors (Lipinski definition) is 2. The van der Waals surface area contributed by atoms with Crippen LogP contribution in [0.3, 0.4) is 0 Å². The van der Waals surface area contributed by atoms with Crippen LogP contribution in [0, 0.1) is 11.3 Å². The molecule has 1 aromatic carbocycles. The molecular formula is C14H11N3O2. The van der Waals surface area contributed by atoms with Gasteiger partial charge in [-0.25, -0.2) is 4.79 Å². The van der Waals surface area contributed by atoms with Gasteiger partial charge in [-0.05, 0) is 23.8 Å². The number of aromatic nitrogens is 1. The summed E-state index contributed by atoms with van der Waals surface area (Å²) in [7, 11) is 0. The molecule has 0 unspecified atom stereocenters. The van der Waals surface area contributed by atoms with Gasteiger partial charge in [0.1, 0.15) is 5.56 Å². The van der Waals surface area contributed by atoms with Crippen molar-refractivity contribution in [1.29, 1.82) is 5.26 Å². The highest BCUT2D eigenvalue weighted by molar-refractivity contribution is 5.93. The highest BCUT2D eigenvalue weighted by atomic mass is 16.4. The van der Waals surface area contributed by atoms with Crippen molar-refractivity contribution in [1.82, 2.24) is 4.98 Å². The molecule has 1 aromatic heterocycles. The fourth-order valence-electron chi connectivity index (χ4n) is 1.67. The van der Waals surface area contributed by atoms with E-state index in [9.17, 15) is 4.79 Å². The van der Waals surface area contributed by atoms with Crippen LogP contribution >= 0.6 is 0 Å². The second-order valence-corrected chi connectivity index (χ2v) is 3.89. The van der Waals surface area contributed by atoms with Crippen molar-refractivity contribution >= 4 is 11.7 Å². The minimum atomic E-state index is -1.03. The summed E-state index contributed by atoms with van der Waals surface area (Å²) in [6, 6.07) is 10.8. The summed E-state index contributed by atoms with van der Waals surface area (Å²) in [5, 5.41) is 20.9. The molecule has 2 rings (SSSR count). The number of carboxylic acid groups (broad SMARTS) is 1. The maximum atomic E-state index is 11.0. The summed E-state index contributed by atoms with van der Waals surface area (Å²) in [5.41, 5.74) is 2.11. The predicted octanol–water partition coefficient (Wildman–Crippen LogP) is 2.26. The van der Waals surface area contributed by atoms with E-state index in [1.54, 1.807) is 24.3 Å². The third-order valence-electron chi connectivity index (χ3n) is 2.59. The topological polar surface area (TPSA) is 86.0 Å². The van der Waals surface area contributed by atoms with Crippen molar-refractivity contribution < 1.29 is 9.90 Å². The van der Waals surface area contributed by atoms with Gasteiger partial charge in [0.2, 0.25) is 0 Å². The summed E-state index contributed by atoms with van der Waals surface area (Å²) in [4.78, 5) is 14.8. The van der Waals surface area contributed by atoms with Crippen molar-refractivity contribution in [3.8, 4) is 6.07 Å². The number of nitrogens with one attached hydrogen (secondary N) is 1. The molecule has 0 fully saturated rings. The smallest absolute Gasteiger partial charge is 0.339 e. The molecule has 0 bridgehead atoms. The van der Waals surface area contributed by atoms with Gasteiger partial charge < -0.3 is 10.4 Å². The molecule has 0 saturated heterocycles. The Kier molecular flexibility index (Phi) is 3.74. The van der Waals surface area contributed by atoms with Gasteiger partial charge >= 0.3 is 5.97 Å². The molecule has 0 aliphatic rings. The Morgan fingerprint density at radius 1 is 1.42 bits per heavy atom. The van der Waals surface area contributed by atoms with Crippen LogP contribution in [0.1, 0.15) is 21.5 Å². The van der Waals surface area contributed by atoms with Crippen molar-refractivity contribution in [2.24, 2.45) is 0 Å². The van der Waals surface area contributed by atoms with Crippen molar-refractivity contribution in [3.05, 3.63) is 59.4 Å². The number of nitrogens with zero attached hydrogens (tertiary/aromatic N) is 2. The summed E-state index contributed by atoms with van der Waals surface area (Å²) in [5.74, 6) is -1.03. The number of nitriles is 1. The molecule has 2 N–H and O–H groups in total. The van der Waals surface area contributed by atoms with E-state index in [0.29, 0.717) is 17.8 Å². The number of rotatable bonds is 4. The van der Waals surface area contributed by atoms with E-state index in [4.69, 9.17) is 10.4 Å². The maximum Gasteiger partial charge on any atom is 0.339 e. The van der Waals surface area contributed by atoms with Gasteiger partial charge in [-0.1, -0.05) is 12.1 Å². The summed E-state index contributed by atoms with van der Waals surface area (Å²) in [6.07, 6.45) is 2.83. The third-order valence-corrected chi connectivity index (χ3v) is 2.59. The number of carboxylic acids is 1. The molecule has 0 aliphatic carbocycles. The van der Waals surface area contributed by atoms with Gasteiger partial charge in [0.15, 0.2) is 0 Å². The first-order chi connectivity index (χ1) is 9.20. The number of hydrogen-bond acceptors (Lipinski definition) is 4. The van der Waals surface area contributed by atoms with Gasteiger partial charge in [0, 0.05) is 18.9 Å². The summed E-state index contributed by atoms with van der Waals surface area (Å²) in [6.45, 7) is 0.444. The van der Waals surface area contributed by atoms with Gasteiger partial charge in [-0.3, -0.25) is 4.98 Å². The van der Waals surface area contributed by atoms with Crippen LogP contribution < -0.4 is 5.32 Å². The van der Waals surface area contributed by atoms with E-state index in [1.165, 1.54) is 12.4 Å². The zero-order chi connectivity index (χ0) is 13.7. The number of anilines is 1. The largest absolute Gasteiger partial charge is 0.478 e. The van der Waals surface area contributed by atoms with Gasteiger partial charge in [0.05, 0.1) is 17.3 Å². The standard InChI is InChI=1S/C14H11N3O2/c15-7-10-2-1-3-11(6-10)8-17-13-4-5-16-9-12(13)14(18)19/h1-6,9H,8H2,(H,16,17)(H,18,19). The number of aromatic carboxylic acids is 1. The average Bonchev–Trinajstić information content (AvgIpc) is 2.45. The van der Waals surface area contributed by atoms with Gasteiger partial charge in [0.25, 0.3) is 0 Å². The fourth-order valence-corrected chi connectivity index (χ4v) is 1.67. The van der Waals surface area contributed by atoms with Crippen LogP contribution in [0.4, 0.5) is 5.69 Å². The summed E-state index contributed by atoms with van der Waals surface area (Å²) >= 11 is 0. The van der Waals surface area contributed by atoms with Crippen LogP contribution in [-0.4, -0.2) is 16.1 Å². The van der Waals surface area contributed by atoms with Crippen LogP contribution in [0.5, 0.6) is 0 Å². The average molecular weight is 253 g/mol. The quantitative estimate of drug-likeness (QED) is 0.872. The normalized spacial score (nSPS) is 9.63. The minimum Gasteiger partial charge on any atom is -0.478 e. The van der Waals surface area contributed by atoms with E-state index in [1.807, 2.05) is 6.07 Å². The van der Waals surface area contributed by atoms with Gasteiger partial charge in [-0.15, -0.1) is 0 Å². The van der Waals surface area contributed by atoms with E-state index >= 15 is 0 Å². The summed E-state index contributed by atoms with van der Waals surface area (Å²) < 4.78 is 0. The molecule has 19 heavy (non-hydrogen) atoms. The lowest BCUT2D eigenvalue weighted by Crippen LogP contribution is -2.06. The second kappa shape index (κ2) is 5.65. The first-order valence-corrected chi connectivity index (χ1v) is 5.61. The number of benzene rings is 1. The first-order valence-electron chi connectivity index (χ1n) is 5.61. The monoisotopic (exact) mass is 253 g/mol. The maximum absolute atomic E-state index is 11.0. The molecule has 5 heteroatoms. The highest BCUT2D eigenvalue weighted by Crippen LogP contribution is 2.15. The van der Waals surface area contributed by atoms with Crippen LogP contribution in [0.15, 0.2) is 42.7 Å². The van der Waals surface area contributed by atoms with E-state index in [-0.39, 0.29) is 5.56 Å². The lowest BCUT2D eigenvalue weighted by atomic mass is 10.1. The second-order valence-electron chi connectivity index (χ2n) is 3.89. The Labute approximate surface area is 110 Å². The Hall–Kier alpha value is -2.87. The molecule has 94 valence electrons. The zero-order valence-corrected chi connectivity index (χ0v) is 10.00. The SMILES string of the molecule is N#Cc1cccc(CNc2ccncc2C(=O)O)c1. The van der Waals surface area contributed by atoms with E-state index in [2.05, 4.69) is 16.4 Å². The lowest BCUT2D eigenvalue weighted by molar-refractivity contribution is 0.0697. The molecule has 0 spiro atoms. The predicted molar refractivity (Wildman–Crippen MR) is 69.7 cm³/mol. The molecule has 0 aliphatic heterocycles. The van der Waals surface area contributed by atoms with Crippen molar-refractivity contribution in [2.75, 3.05) is 5.32 Å². The van der Waals surface area contributed by atoms with Crippen LogP contribution in [-0.2, 0) is 6.54 Å². The Balaban J connectivity index is 2.15.